The monoisotopic (exact) mass is 261 g/mol. The van der Waals surface area contributed by atoms with Crippen LogP contribution in [0.2, 0.25) is 0 Å². The quantitative estimate of drug-likeness (QED) is 0.754. The minimum Gasteiger partial charge on any atom is -0.478 e. The number of allylic oxidation sites excluding steroid dienone is 3. The lowest BCUT2D eigenvalue weighted by Gasteiger charge is -2.27. The van der Waals surface area contributed by atoms with Crippen molar-refractivity contribution in [2.75, 3.05) is 0 Å². The summed E-state index contributed by atoms with van der Waals surface area (Å²) >= 11 is 0. The van der Waals surface area contributed by atoms with E-state index in [-0.39, 0.29) is 29.9 Å². The standard InChI is InChI=1S/C11H10F3NO3/c1-4-7-5(2-3-6(7)16)15-9(11(12,13)14)8(4)10(17)18/h4,15H,2-3H2,1H3,(H,17,18). The Kier molecular flexibility index (Phi) is 2.71. The lowest BCUT2D eigenvalue weighted by molar-refractivity contribution is -0.135. The number of halogens is 3. The van der Waals surface area contributed by atoms with Crippen molar-refractivity contribution < 1.29 is 27.9 Å². The summed E-state index contributed by atoms with van der Waals surface area (Å²) in [7, 11) is 0. The first-order valence-corrected chi connectivity index (χ1v) is 5.31. The highest BCUT2D eigenvalue weighted by molar-refractivity contribution is 6.03. The van der Waals surface area contributed by atoms with E-state index in [1.54, 1.807) is 0 Å². The van der Waals surface area contributed by atoms with Gasteiger partial charge in [-0.1, -0.05) is 6.92 Å². The van der Waals surface area contributed by atoms with Gasteiger partial charge < -0.3 is 10.4 Å². The number of aliphatic carboxylic acids is 1. The molecular weight excluding hydrogens is 251 g/mol. The van der Waals surface area contributed by atoms with Gasteiger partial charge in [0.25, 0.3) is 0 Å². The van der Waals surface area contributed by atoms with Crippen LogP contribution in [0.3, 0.4) is 0 Å². The van der Waals surface area contributed by atoms with Crippen LogP contribution in [-0.2, 0) is 9.59 Å². The summed E-state index contributed by atoms with van der Waals surface area (Å²) in [5, 5.41) is 11.0. The topological polar surface area (TPSA) is 66.4 Å². The number of alkyl halides is 3. The van der Waals surface area contributed by atoms with Crippen LogP contribution >= 0.6 is 0 Å². The molecule has 0 aromatic rings. The summed E-state index contributed by atoms with van der Waals surface area (Å²) in [6, 6.07) is 0. The normalized spacial score (nSPS) is 24.2. The van der Waals surface area contributed by atoms with Gasteiger partial charge in [-0.25, -0.2) is 4.79 Å². The Morgan fingerprint density at radius 2 is 2.00 bits per heavy atom. The second-order valence-electron chi connectivity index (χ2n) is 4.25. The van der Waals surface area contributed by atoms with Crippen LogP contribution < -0.4 is 5.32 Å². The molecule has 0 fully saturated rings. The number of Topliss-reactive ketones (excluding diaryl/α,β-unsaturated/α-hetero) is 1. The van der Waals surface area contributed by atoms with Crippen molar-refractivity contribution in [2.45, 2.75) is 25.9 Å². The van der Waals surface area contributed by atoms with Gasteiger partial charge in [0.15, 0.2) is 5.78 Å². The first-order chi connectivity index (χ1) is 8.23. The average molecular weight is 261 g/mol. The lowest BCUT2D eigenvalue weighted by Crippen LogP contribution is -2.36. The molecule has 0 aromatic carbocycles. The van der Waals surface area contributed by atoms with Gasteiger partial charge in [0, 0.05) is 23.6 Å². The highest BCUT2D eigenvalue weighted by Crippen LogP contribution is 2.41. The minimum absolute atomic E-state index is 0.125. The Hall–Kier alpha value is -1.79. The van der Waals surface area contributed by atoms with Crippen molar-refractivity contribution in [3.05, 3.63) is 22.5 Å². The number of dihydropyridines is 1. The summed E-state index contributed by atoms with van der Waals surface area (Å²) in [6.07, 6.45) is -4.45. The Labute approximate surface area is 100 Å². The molecule has 0 saturated heterocycles. The number of hydrogen-bond acceptors (Lipinski definition) is 3. The molecule has 18 heavy (non-hydrogen) atoms. The van der Waals surface area contributed by atoms with Crippen LogP contribution in [0.1, 0.15) is 19.8 Å². The summed E-state index contributed by atoms with van der Waals surface area (Å²) in [5.74, 6) is -2.98. The summed E-state index contributed by atoms with van der Waals surface area (Å²) in [5.41, 5.74) is -1.70. The van der Waals surface area contributed by atoms with Gasteiger partial charge >= 0.3 is 12.1 Å². The SMILES string of the molecule is CC1C2=C(CCC2=O)NC(C(F)(F)F)=C1C(=O)O. The fraction of sp³-hybridized carbons (Fsp3) is 0.455. The Balaban J connectivity index is 2.54. The number of hydrogen-bond donors (Lipinski definition) is 2. The zero-order valence-corrected chi connectivity index (χ0v) is 9.39. The van der Waals surface area contributed by atoms with E-state index < -0.39 is 29.3 Å². The molecular formula is C11H10F3NO3. The van der Waals surface area contributed by atoms with Crippen LogP contribution in [0.4, 0.5) is 13.2 Å². The van der Waals surface area contributed by atoms with Crippen LogP contribution in [0, 0.1) is 5.92 Å². The number of carbonyl (C=O) groups excluding carboxylic acids is 1. The summed E-state index contributed by atoms with van der Waals surface area (Å²) in [4.78, 5) is 22.5. The molecule has 1 atom stereocenters. The highest BCUT2D eigenvalue weighted by Gasteiger charge is 2.46. The van der Waals surface area contributed by atoms with Gasteiger partial charge in [0.1, 0.15) is 5.70 Å². The van der Waals surface area contributed by atoms with E-state index in [9.17, 15) is 22.8 Å². The van der Waals surface area contributed by atoms with E-state index in [4.69, 9.17) is 5.11 Å². The summed E-state index contributed by atoms with van der Waals surface area (Å²) in [6.45, 7) is 1.31. The molecule has 2 rings (SSSR count). The third-order valence-corrected chi connectivity index (χ3v) is 3.15. The Bertz CT molecular complexity index is 502. The zero-order valence-electron chi connectivity index (χ0n) is 9.39. The largest absolute Gasteiger partial charge is 0.478 e. The molecule has 4 nitrogen and oxygen atoms in total. The summed E-state index contributed by atoms with van der Waals surface area (Å²) < 4.78 is 38.4. The molecule has 2 aliphatic rings. The minimum atomic E-state index is -4.77. The fourth-order valence-corrected chi connectivity index (χ4v) is 2.40. The first kappa shape index (κ1) is 12.7. The molecule has 1 aliphatic heterocycles. The molecule has 0 spiro atoms. The van der Waals surface area contributed by atoms with Crippen LogP contribution in [0.25, 0.3) is 0 Å². The number of rotatable bonds is 1. The van der Waals surface area contributed by atoms with E-state index in [0.717, 1.165) is 0 Å². The second-order valence-corrected chi connectivity index (χ2v) is 4.25. The van der Waals surface area contributed by atoms with Gasteiger partial charge in [0.05, 0.1) is 5.57 Å². The molecule has 0 bridgehead atoms. The Morgan fingerprint density at radius 3 is 2.50 bits per heavy atom. The van der Waals surface area contributed by atoms with E-state index in [1.165, 1.54) is 6.92 Å². The van der Waals surface area contributed by atoms with Gasteiger partial charge in [-0.2, -0.15) is 13.2 Å². The zero-order chi connectivity index (χ0) is 13.7. The van der Waals surface area contributed by atoms with Gasteiger partial charge in [-0.05, 0) is 6.42 Å². The third kappa shape index (κ3) is 1.79. The maximum atomic E-state index is 12.8. The molecule has 0 saturated carbocycles. The maximum absolute atomic E-state index is 12.8. The number of ketones is 1. The smallest absolute Gasteiger partial charge is 0.431 e. The molecule has 1 heterocycles. The molecule has 1 unspecified atom stereocenters. The predicted octanol–water partition coefficient (Wildman–Crippen LogP) is 1.74. The first-order valence-electron chi connectivity index (χ1n) is 5.31. The van der Waals surface area contributed by atoms with Gasteiger partial charge in [-0.3, -0.25) is 4.79 Å². The van der Waals surface area contributed by atoms with E-state index in [0.29, 0.717) is 0 Å². The van der Waals surface area contributed by atoms with E-state index >= 15 is 0 Å². The number of carbonyl (C=O) groups is 2. The van der Waals surface area contributed by atoms with E-state index in [2.05, 4.69) is 5.32 Å². The van der Waals surface area contributed by atoms with Crippen molar-refractivity contribution in [2.24, 2.45) is 5.92 Å². The van der Waals surface area contributed by atoms with Crippen LogP contribution in [0.5, 0.6) is 0 Å². The maximum Gasteiger partial charge on any atom is 0.431 e. The highest BCUT2D eigenvalue weighted by atomic mass is 19.4. The van der Waals surface area contributed by atoms with Gasteiger partial charge in [0.2, 0.25) is 0 Å². The number of carboxylic acids is 1. The van der Waals surface area contributed by atoms with Crippen molar-refractivity contribution >= 4 is 11.8 Å². The lowest BCUT2D eigenvalue weighted by atomic mass is 9.87. The second kappa shape index (κ2) is 3.86. The average Bonchev–Trinajstić information content (AvgIpc) is 2.58. The predicted molar refractivity (Wildman–Crippen MR) is 54.3 cm³/mol. The van der Waals surface area contributed by atoms with Crippen LogP contribution in [-0.4, -0.2) is 23.0 Å². The van der Waals surface area contributed by atoms with E-state index in [1.807, 2.05) is 0 Å². The number of nitrogens with one attached hydrogen (secondary N) is 1. The third-order valence-electron chi connectivity index (χ3n) is 3.15. The van der Waals surface area contributed by atoms with Crippen LogP contribution in [0.15, 0.2) is 22.5 Å². The molecule has 0 radical (unpaired) electrons. The molecule has 2 N–H and O–H groups in total. The van der Waals surface area contributed by atoms with Crippen molar-refractivity contribution in [1.29, 1.82) is 0 Å². The molecule has 98 valence electrons. The Morgan fingerprint density at radius 1 is 1.39 bits per heavy atom. The van der Waals surface area contributed by atoms with Crippen molar-refractivity contribution in [3.8, 4) is 0 Å². The van der Waals surface area contributed by atoms with Gasteiger partial charge in [-0.15, -0.1) is 0 Å². The molecule has 1 aliphatic carbocycles. The molecule has 0 amide bonds. The number of carboxylic acid groups (broad SMARTS) is 1. The van der Waals surface area contributed by atoms with Crippen molar-refractivity contribution in [3.63, 3.8) is 0 Å². The molecule has 0 aromatic heterocycles. The fourth-order valence-electron chi connectivity index (χ4n) is 2.40. The van der Waals surface area contributed by atoms with Crippen molar-refractivity contribution in [1.82, 2.24) is 5.32 Å². The molecule has 7 heteroatoms.